The number of rotatable bonds is 3. The lowest BCUT2D eigenvalue weighted by Gasteiger charge is -2.05. The largest absolute Gasteiger partial charge is 0.465 e. The number of aryl methyl sites for hydroxylation is 1. The van der Waals surface area contributed by atoms with Gasteiger partial charge in [0.2, 0.25) is 5.89 Å². The number of hydrogen-bond acceptors (Lipinski definition) is 7. The van der Waals surface area contributed by atoms with Crippen molar-refractivity contribution >= 4 is 23.4 Å². The third-order valence-electron chi connectivity index (χ3n) is 2.14. The van der Waals surface area contributed by atoms with Gasteiger partial charge in [0.1, 0.15) is 0 Å². The zero-order chi connectivity index (χ0) is 13.1. The Labute approximate surface area is 108 Å². The van der Waals surface area contributed by atoms with Crippen LogP contribution < -0.4 is 5.73 Å². The van der Waals surface area contributed by atoms with Crippen molar-refractivity contribution in [2.45, 2.75) is 17.0 Å². The Morgan fingerprint density at radius 1 is 1.44 bits per heavy atom. The van der Waals surface area contributed by atoms with Gasteiger partial charge >= 0.3 is 5.97 Å². The first kappa shape index (κ1) is 12.4. The molecule has 94 valence electrons. The topological polar surface area (TPSA) is 91.2 Å². The van der Waals surface area contributed by atoms with Crippen molar-refractivity contribution in [3.05, 3.63) is 29.7 Å². The van der Waals surface area contributed by atoms with Crippen molar-refractivity contribution in [3.63, 3.8) is 0 Å². The van der Waals surface area contributed by atoms with Gasteiger partial charge in [-0.25, -0.2) is 4.79 Å². The molecule has 2 aromatic rings. The van der Waals surface area contributed by atoms with Crippen LogP contribution in [0.15, 0.2) is 32.7 Å². The normalized spacial score (nSPS) is 10.3. The molecule has 18 heavy (non-hydrogen) atoms. The first-order valence-electron chi connectivity index (χ1n) is 5.06. The van der Waals surface area contributed by atoms with Crippen LogP contribution in [-0.2, 0) is 4.74 Å². The van der Waals surface area contributed by atoms with E-state index in [4.69, 9.17) is 10.2 Å². The van der Waals surface area contributed by atoms with Crippen LogP contribution in [0.1, 0.15) is 16.2 Å². The minimum absolute atomic E-state index is 0.376. The third-order valence-corrected chi connectivity index (χ3v) is 3.05. The predicted molar refractivity (Wildman–Crippen MR) is 65.4 cm³/mol. The Kier molecular flexibility index (Phi) is 3.52. The number of hydrogen-bond donors (Lipinski definition) is 1. The van der Waals surface area contributed by atoms with Crippen LogP contribution in [0, 0.1) is 6.92 Å². The van der Waals surface area contributed by atoms with Crippen LogP contribution in [0.3, 0.4) is 0 Å². The quantitative estimate of drug-likeness (QED) is 0.669. The van der Waals surface area contributed by atoms with Crippen LogP contribution in [0.5, 0.6) is 0 Å². The summed E-state index contributed by atoms with van der Waals surface area (Å²) in [6.45, 7) is 1.70. The van der Waals surface area contributed by atoms with E-state index in [0.29, 0.717) is 27.3 Å². The predicted octanol–water partition coefficient (Wildman–Crippen LogP) is 1.90. The van der Waals surface area contributed by atoms with Gasteiger partial charge in [0.05, 0.1) is 12.7 Å². The Balaban J connectivity index is 2.29. The Bertz CT molecular complexity index is 583. The second kappa shape index (κ2) is 5.09. The van der Waals surface area contributed by atoms with E-state index >= 15 is 0 Å². The minimum Gasteiger partial charge on any atom is -0.465 e. The number of ether oxygens (including phenoxy) is 1. The summed E-state index contributed by atoms with van der Waals surface area (Å²) >= 11 is 1.20. The van der Waals surface area contributed by atoms with E-state index in [0.717, 1.165) is 0 Å². The number of carbonyl (C=O) groups excluding carboxylic acids is 1. The number of carbonyl (C=O) groups is 1. The Morgan fingerprint density at radius 3 is 2.83 bits per heavy atom. The van der Waals surface area contributed by atoms with Crippen molar-refractivity contribution in [2.75, 3.05) is 12.8 Å². The molecule has 6 nitrogen and oxygen atoms in total. The zero-order valence-electron chi connectivity index (χ0n) is 9.84. The van der Waals surface area contributed by atoms with Crippen LogP contribution in [-0.4, -0.2) is 23.3 Å². The molecule has 7 heteroatoms. The summed E-state index contributed by atoms with van der Waals surface area (Å²) in [4.78, 5) is 12.1. The van der Waals surface area contributed by atoms with E-state index in [1.807, 2.05) is 0 Å². The summed E-state index contributed by atoms with van der Waals surface area (Å²) in [5.74, 6) is 0.0544. The molecule has 0 atom stereocenters. The fourth-order valence-electron chi connectivity index (χ4n) is 1.28. The summed E-state index contributed by atoms with van der Waals surface area (Å²) in [5.41, 5.74) is 6.78. The molecule has 0 aliphatic heterocycles. The van der Waals surface area contributed by atoms with Crippen LogP contribution in [0.2, 0.25) is 0 Å². The van der Waals surface area contributed by atoms with Crippen LogP contribution in [0.4, 0.5) is 5.69 Å². The number of esters is 1. The SMILES string of the molecule is COC(=O)c1ccc(N)c(Sc2nnc(C)o2)c1. The molecule has 2 N–H and O–H groups in total. The lowest BCUT2D eigenvalue weighted by molar-refractivity contribution is 0.0600. The summed E-state index contributed by atoms with van der Waals surface area (Å²) in [5, 5.41) is 7.94. The van der Waals surface area contributed by atoms with Gasteiger partial charge in [-0.3, -0.25) is 0 Å². The molecule has 0 amide bonds. The highest BCUT2D eigenvalue weighted by molar-refractivity contribution is 7.99. The van der Waals surface area contributed by atoms with E-state index in [-0.39, 0.29) is 0 Å². The minimum atomic E-state index is -0.418. The number of methoxy groups -OCH3 is 1. The molecular weight excluding hydrogens is 254 g/mol. The van der Waals surface area contributed by atoms with E-state index in [9.17, 15) is 4.79 Å². The van der Waals surface area contributed by atoms with Crippen LogP contribution in [0.25, 0.3) is 0 Å². The maximum absolute atomic E-state index is 11.4. The monoisotopic (exact) mass is 265 g/mol. The summed E-state index contributed by atoms with van der Waals surface area (Å²) in [7, 11) is 1.33. The van der Waals surface area contributed by atoms with Gasteiger partial charge in [-0.1, -0.05) is 0 Å². The Morgan fingerprint density at radius 2 is 2.22 bits per heavy atom. The molecule has 0 aliphatic rings. The number of benzene rings is 1. The second-order valence-electron chi connectivity index (χ2n) is 3.43. The molecule has 0 bridgehead atoms. The van der Waals surface area contributed by atoms with E-state index in [2.05, 4.69) is 14.9 Å². The highest BCUT2D eigenvalue weighted by atomic mass is 32.2. The molecule has 0 fully saturated rings. The Hall–Kier alpha value is -2.02. The zero-order valence-corrected chi connectivity index (χ0v) is 10.7. The van der Waals surface area contributed by atoms with Gasteiger partial charge < -0.3 is 14.9 Å². The molecule has 0 radical (unpaired) electrons. The van der Waals surface area contributed by atoms with Crippen molar-refractivity contribution in [3.8, 4) is 0 Å². The highest BCUT2D eigenvalue weighted by Gasteiger charge is 2.12. The van der Waals surface area contributed by atoms with Crippen molar-refractivity contribution in [1.82, 2.24) is 10.2 Å². The maximum atomic E-state index is 11.4. The van der Waals surface area contributed by atoms with Gasteiger partial charge in [-0.2, -0.15) is 0 Å². The van der Waals surface area contributed by atoms with Crippen LogP contribution >= 0.6 is 11.8 Å². The highest BCUT2D eigenvalue weighted by Crippen LogP contribution is 2.31. The summed E-state index contributed by atoms with van der Waals surface area (Å²) < 4.78 is 9.88. The first-order valence-corrected chi connectivity index (χ1v) is 5.87. The molecule has 1 aromatic carbocycles. The average molecular weight is 265 g/mol. The molecule has 1 heterocycles. The number of anilines is 1. The molecule has 0 spiro atoms. The molecule has 0 saturated heterocycles. The van der Waals surface area contributed by atoms with E-state index in [1.54, 1.807) is 25.1 Å². The smallest absolute Gasteiger partial charge is 0.337 e. The van der Waals surface area contributed by atoms with E-state index in [1.165, 1.54) is 18.9 Å². The lowest BCUT2D eigenvalue weighted by atomic mass is 10.2. The summed E-state index contributed by atoms with van der Waals surface area (Å²) in [6, 6.07) is 4.87. The standard InChI is InChI=1S/C11H11N3O3S/c1-6-13-14-11(17-6)18-9-5-7(10(15)16-2)3-4-8(9)12/h3-5H,12H2,1-2H3. The summed E-state index contributed by atoms with van der Waals surface area (Å²) in [6.07, 6.45) is 0. The molecule has 2 rings (SSSR count). The van der Waals surface area contributed by atoms with Gasteiger partial charge in [0, 0.05) is 17.5 Å². The van der Waals surface area contributed by atoms with Crippen molar-refractivity contribution in [2.24, 2.45) is 0 Å². The number of aromatic nitrogens is 2. The second-order valence-corrected chi connectivity index (χ2v) is 4.43. The molecule has 1 aromatic heterocycles. The van der Waals surface area contributed by atoms with Gasteiger partial charge in [0.25, 0.3) is 5.22 Å². The lowest BCUT2D eigenvalue weighted by Crippen LogP contribution is -2.02. The van der Waals surface area contributed by atoms with Crippen molar-refractivity contribution < 1.29 is 13.9 Å². The fraction of sp³-hybridized carbons (Fsp3) is 0.182. The average Bonchev–Trinajstić information content (AvgIpc) is 2.76. The van der Waals surface area contributed by atoms with E-state index < -0.39 is 5.97 Å². The number of nitrogens with two attached hydrogens (primary N) is 1. The molecule has 0 unspecified atom stereocenters. The molecule has 0 saturated carbocycles. The number of nitrogen functional groups attached to an aromatic ring is 1. The molecular formula is C11H11N3O3S. The third kappa shape index (κ3) is 2.62. The maximum Gasteiger partial charge on any atom is 0.337 e. The number of nitrogens with zero attached hydrogens (tertiary/aromatic N) is 2. The fourth-order valence-corrected chi connectivity index (χ4v) is 2.09. The van der Waals surface area contributed by atoms with Gasteiger partial charge in [-0.15, -0.1) is 10.2 Å². The van der Waals surface area contributed by atoms with Gasteiger partial charge in [-0.05, 0) is 30.0 Å². The first-order chi connectivity index (χ1) is 8.60. The molecule has 0 aliphatic carbocycles. The van der Waals surface area contributed by atoms with Gasteiger partial charge in [0.15, 0.2) is 0 Å². The van der Waals surface area contributed by atoms with Crippen molar-refractivity contribution in [1.29, 1.82) is 0 Å².